The maximum atomic E-state index is 5.81. The third kappa shape index (κ3) is 2.32. The molecule has 0 saturated carbocycles. The van der Waals surface area contributed by atoms with Crippen LogP contribution in [0.15, 0.2) is 35.7 Å². The van der Waals surface area contributed by atoms with E-state index in [1.54, 1.807) is 11.3 Å². The summed E-state index contributed by atoms with van der Waals surface area (Å²) < 4.78 is 2.68. The van der Waals surface area contributed by atoms with E-state index in [1.165, 1.54) is 31.0 Å². The predicted octanol–water partition coefficient (Wildman–Crippen LogP) is 4.13. The third-order valence-corrected chi connectivity index (χ3v) is 5.51. The van der Waals surface area contributed by atoms with Crippen molar-refractivity contribution in [2.24, 2.45) is 5.84 Å². The number of hydrazine groups is 1. The molecular weight excluding hydrogens is 272 g/mol. The Kier molecular flexibility index (Phi) is 3.41. The maximum absolute atomic E-state index is 5.81. The summed E-state index contributed by atoms with van der Waals surface area (Å²) in [6.07, 6.45) is 0. The van der Waals surface area contributed by atoms with Crippen LogP contribution < -0.4 is 11.3 Å². The minimum atomic E-state index is 0.0736. The summed E-state index contributed by atoms with van der Waals surface area (Å²) in [7, 11) is 0. The molecule has 19 heavy (non-hydrogen) atoms. The van der Waals surface area contributed by atoms with Crippen molar-refractivity contribution in [1.29, 1.82) is 0 Å². The van der Waals surface area contributed by atoms with Gasteiger partial charge in [0.05, 0.1) is 6.04 Å². The molecule has 2 aromatic heterocycles. The van der Waals surface area contributed by atoms with Gasteiger partial charge >= 0.3 is 0 Å². The molecule has 1 unspecified atom stereocenters. The first-order chi connectivity index (χ1) is 9.19. The Balaban J connectivity index is 2.09. The molecule has 3 rings (SSSR count). The fourth-order valence-electron chi connectivity index (χ4n) is 2.32. The Morgan fingerprint density at radius 3 is 2.68 bits per heavy atom. The largest absolute Gasteiger partial charge is 0.271 e. The van der Waals surface area contributed by atoms with E-state index >= 15 is 0 Å². The van der Waals surface area contributed by atoms with Gasteiger partial charge in [-0.1, -0.05) is 23.8 Å². The summed E-state index contributed by atoms with van der Waals surface area (Å²) in [6.45, 7) is 4.25. The lowest BCUT2D eigenvalue weighted by atomic mass is 9.98. The monoisotopic (exact) mass is 288 g/mol. The van der Waals surface area contributed by atoms with Crippen LogP contribution in [0.2, 0.25) is 0 Å². The number of rotatable bonds is 3. The molecule has 3 aromatic rings. The van der Waals surface area contributed by atoms with Crippen molar-refractivity contribution in [3.05, 3.63) is 57.3 Å². The van der Waals surface area contributed by atoms with Crippen molar-refractivity contribution >= 4 is 32.1 Å². The molecule has 0 aliphatic rings. The van der Waals surface area contributed by atoms with Gasteiger partial charge in [-0.15, -0.1) is 22.7 Å². The number of nitrogens with one attached hydrogen (secondary N) is 1. The molecule has 3 N–H and O–H groups in total. The predicted molar refractivity (Wildman–Crippen MR) is 84.8 cm³/mol. The average molecular weight is 288 g/mol. The van der Waals surface area contributed by atoms with Crippen LogP contribution >= 0.6 is 22.7 Å². The van der Waals surface area contributed by atoms with E-state index in [0.717, 1.165) is 0 Å². The van der Waals surface area contributed by atoms with Gasteiger partial charge in [0.15, 0.2) is 0 Å². The second-order valence-corrected chi connectivity index (χ2v) is 6.82. The van der Waals surface area contributed by atoms with E-state index < -0.39 is 0 Å². The van der Waals surface area contributed by atoms with Crippen LogP contribution in [0.3, 0.4) is 0 Å². The number of aryl methyl sites for hydroxylation is 2. The zero-order valence-electron chi connectivity index (χ0n) is 10.9. The van der Waals surface area contributed by atoms with E-state index in [2.05, 4.69) is 55.0 Å². The smallest absolute Gasteiger partial charge is 0.0805 e. The molecule has 2 nitrogen and oxygen atoms in total. The number of hydrogen-bond donors (Lipinski definition) is 2. The molecular formula is C15H16N2S2. The number of benzene rings is 1. The lowest BCUT2D eigenvalue weighted by Gasteiger charge is -2.17. The van der Waals surface area contributed by atoms with Crippen molar-refractivity contribution in [3.8, 4) is 0 Å². The number of hydrogen-bond acceptors (Lipinski definition) is 4. The molecule has 0 aliphatic carbocycles. The van der Waals surface area contributed by atoms with Gasteiger partial charge in [0.2, 0.25) is 0 Å². The first-order valence-electron chi connectivity index (χ1n) is 6.19. The van der Waals surface area contributed by atoms with Gasteiger partial charge in [0.1, 0.15) is 0 Å². The molecule has 98 valence electrons. The lowest BCUT2D eigenvalue weighted by Crippen LogP contribution is -2.28. The summed E-state index contributed by atoms with van der Waals surface area (Å²) in [5, 5.41) is 2.13. The van der Waals surface area contributed by atoms with E-state index in [-0.39, 0.29) is 6.04 Å². The SMILES string of the molecule is Cc1ccc(C)c(C(NN)c2cc3sccc3s2)c1. The van der Waals surface area contributed by atoms with Crippen LogP contribution in [0.4, 0.5) is 0 Å². The van der Waals surface area contributed by atoms with Gasteiger partial charge in [-0.05, 0) is 42.5 Å². The van der Waals surface area contributed by atoms with E-state index in [4.69, 9.17) is 5.84 Å². The van der Waals surface area contributed by atoms with Gasteiger partial charge in [-0.2, -0.15) is 0 Å². The van der Waals surface area contributed by atoms with E-state index in [9.17, 15) is 0 Å². The van der Waals surface area contributed by atoms with E-state index in [1.807, 2.05) is 11.3 Å². The van der Waals surface area contributed by atoms with Crippen LogP contribution in [-0.2, 0) is 0 Å². The molecule has 1 aromatic carbocycles. The topological polar surface area (TPSA) is 38.0 Å². The molecule has 0 fully saturated rings. The van der Waals surface area contributed by atoms with Crippen molar-refractivity contribution < 1.29 is 0 Å². The van der Waals surface area contributed by atoms with Gasteiger partial charge in [-0.25, -0.2) is 5.43 Å². The second-order valence-electron chi connectivity index (χ2n) is 4.76. The summed E-state index contributed by atoms with van der Waals surface area (Å²) >= 11 is 3.59. The highest BCUT2D eigenvalue weighted by Gasteiger charge is 2.17. The number of fused-ring (bicyclic) bond motifs is 1. The number of nitrogens with two attached hydrogens (primary N) is 1. The van der Waals surface area contributed by atoms with Crippen LogP contribution in [0.5, 0.6) is 0 Å². The highest BCUT2D eigenvalue weighted by Crippen LogP contribution is 2.36. The zero-order chi connectivity index (χ0) is 13.4. The molecule has 4 heteroatoms. The second kappa shape index (κ2) is 5.06. The standard InChI is InChI=1S/C15H16N2S2/c1-9-3-4-10(2)11(7-9)15(17-16)14-8-13-12(19-14)5-6-18-13/h3-8,15,17H,16H2,1-2H3. The summed E-state index contributed by atoms with van der Waals surface area (Å²) in [4.78, 5) is 1.28. The van der Waals surface area contributed by atoms with Gasteiger partial charge in [0, 0.05) is 14.3 Å². The van der Waals surface area contributed by atoms with Gasteiger partial charge in [-0.3, -0.25) is 5.84 Å². The first kappa shape index (κ1) is 12.8. The van der Waals surface area contributed by atoms with Crippen molar-refractivity contribution in [2.45, 2.75) is 19.9 Å². The maximum Gasteiger partial charge on any atom is 0.0805 e. The van der Waals surface area contributed by atoms with E-state index in [0.29, 0.717) is 0 Å². The summed E-state index contributed by atoms with van der Waals surface area (Å²) in [5.41, 5.74) is 6.76. The molecule has 1 atom stereocenters. The molecule has 0 spiro atoms. The average Bonchev–Trinajstić information content (AvgIpc) is 2.95. The van der Waals surface area contributed by atoms with Crippen LogP contribution in [0, 0.1) is 13.8 Å². The van der Waals surface area contributed by atoms with Crippen LogP contribution in [-0.4, -0.2) is 0 Å². The Morgan fingerprint density at radius 2 is 1.95 bits per heavy atom. The lowest BCUT2D eigenvalue weighted by molar-refractivity contribution is 0.643. The minimum Gasteiger partial charge on any atom is -0.271 e. The summed E-state index contributed by atoms with van der Waals surface area (Å²) in [5.74, 6) is 5.81. The molecule has 0 bridgehead atoms. The fraction of sp³-hybridized carbons (Fsp3) is 0.200. The van der Waals surface area contributed by atoms with Crippen molar-refractivity contribution in [3.63, 3.8) is 0 Å². The zero-order valence-corrected chi connectivity index (χ0v) is 12.6. The molecule has 0 saturated heterocycles. The van der Waals surface area contributed by atoms with Crippen molar-refractivity contribution in [1.82, 2.24) is 5.43 Å². The fourth-order valence-corrected chi connectivity index (χ4v) is 4.52. The first-order valence-corrected chi connectivity index (χ1v) is 7.89. The number of thiophene rings is 2. The highest BCUT2D eigenvalue weighted by atomic mass is 32.1. The Labute approximate surface area is 120 Å². The van der Waals surface area contributed by atoms with Crippen LogP contribution in [0.1, 0.15) is 27.6 Å². The Bertz CT molecular complexity index is 683. The minimum absolute atomic E-state index is 0.0736. The summed E-state index contributed by atoms with van der Waals surface area (Å²) in [6, 6.07) is 11.0. The quantitative estimate of drug-likeness (QED) is 0.561. The van der Waals surface area contributed by atoms with Gasteiger partial charge < -0.3 is 0 Å². The normalized spacial score (nSPS) is 13.0. The van der Waals surface area contributed by atoms with Crippen molar-refractivity contribution in [2.75, 3.05) is 0 Å². The molecule has 0 amide bonds. The molecule has 0 aliphatic heterocycles. The Morgan fingerprint density at radius 1 is 1.11 bits per heavy atom. The molecule has 0 radical (unpaired) electrons. The third-order valence-electron chi connectivity index (χ3n) is 3.36. The highest BCUT2D eigenvalue weighted by molar-refractivity contribution is 7.27. The Hall–Kier alpha value is -1.20. The van der Waals surface area contributed by atoms with Crippen LogP contribution in [0.25, 0.3) is 9.40 Å². The van der Waals surface area contributed by atoms with Gasteiger partial charge in [0.25, 0.3) is 0 Å². The molecule has 2 heterocycles.